The monoisotopic (exact) mass is 384 g/mol. The third kappa shape index (κ3) is 4.86. The Labute approximate surface area is 143 Å². The molecule has 1 amide bonds. The predicted molar refractivity (Wildman–Crippen MR) is 91.1 cm³/mol. The number of carboxylic acid groups (broad SMARTS) is 1. The van der Waals surface area contributed by atoms with Crippen molar-refractivity contribution in [3.63, 3.8) is 0 Å². The summed E-state index contributed by atoms with van der Waals surface area (Å²) in [6.45, 7) is 6.68. The molecule has 0 saturated carbocycles. The summed E-state index contributed by atoms with van der Waals surface area (Å²) in [7, 11) is 0. The van der Waals surface area contributed by atoms with Gasteiger partial charge in [-0.3, -0.25) is 0 Å². The number of halogens is 1. The number of hydrogen-bond donors (Lipinski definition) is 2. The van der Waals surface area contributed by atoms with Crippen molar-refractivity contribution < 1.29 is 19.4 Å². The Morgan fingerprint density at radius 3 is 2.70 bits per heavy atom. The van der Waals surface area contributed by atoms with Crippen molar-refractivity contribution in [2.45, 2.75) is 38.8 Å². The number of nitrogens with one attached hydrogen (secondary N) is 1. The fraction of sp³-hybridized carbons (Fsp3) is 0.500. The largest absolute Gasteiger partial charge is 0.478 e. The van der Waals surface area contributed by atoms with Crippen LogP contribution in [0, 0.1) is 0 Å². The van der Waals surface area contributed by atoms with E-state index in [1.165, 1.54) is 0 Å². The van der Waals surface area contributed by atoms with Crippen LogP contribution in [0.5, 0.6) is 0 Å². The lowest BCUT2D eigenvalue weighted by Crippen LogP contribution is -2.40. The Hall–Kier alpha value is -1.76. The highest BCUT2D eigenvalue weighted by Gasteiger charge is 2.28. The first-order valence-electron chi connectivity index (χ1n) is 7.43. The van der Waals surface area contributed by atoms with Crippen LogP contribution in [0.4, 0.5) is 10.5 Å². The van der Waals surface area contributed by atoms with E-state index in [0.29, 0.717) is 18.8 Å². The number of hydrogen-bond acceptors (Lipinski definition) is 4. The van der Waals surface area contributed by atoms with Gasteiger partial charge in [0.2, 0.25) is 0 Å². The summed E-state index contributed by atoms with van der Waals surface area (Å²) in [5.41, 5.74) is 0.372. The number of rotatable bonds is 3. The highest BCUT2D eigenvalue weighted by Crippen LogP contribution is 2.27. The predicted octanol–water partition coefficient (Wildman–Crippen LogP) is 3.25. The molecule has 0 aliphatic carbocycles. The second kappa shape index (κ2) is 6.78. The van der Waals surface area contributed by atoms with Crippen LogP contribution in [-0.4, -0.2) is 41.9 Å². The minimum Gasteiger partial charge on any atom is -0.478 e. The number of amides is 1. The topological polar surface area (TPSA) is 78.9 Å². The van der Waals surface area contributed by atoms with Gasteiger partial charge in [0.1, 0.15) is 5.60 Å². The number of carbonyl (C=O) groups excluding carboxylic acids is 1. The number of ether oxygens (including phenoxy) is 1. The van der Waals surface area contributed by atoms with Crippen LogP contribution in [0.3, 0.4) is 0 Å². The maximum absolute atomic E-state index is 11.8. The van der Waals surface area contributed by atoms with Crippen molar-refractivity contribution >= 4 is 33.7 Å². The molecule has 23 heavy (non-hydrogen) atoms. The molecule has 0 unspecified atom stereocenters. The molecule has 7 heteroatoms. The molecule has 0 radical (unpaired) electrons. The molecule has 2 N–H and O–H groups in total. The summed E-state index contributed by atoms with van der Waals surface area (Å²) in [6, 6.07) is 5.13. The highest BCUT2D eigenvalue weighted by molar-refractivity contribution is 9.10. The van der Waals surface area contributed by atoms with Gasteiger partial charge in [0.25, 0.3) is 0 Å². The zero-order valence-electron chi connectivity index (χ0n) is 13.4. The number of benzene rings is 1. The van der Waals surface area contributed by atoms with Crippen LogP contribution >= 0.6 is 15.9 Å². The van der Waals surface area contributed by atoms with Crippen LogP contribution in [0.2, 0.25) is 0 Å². The number of carboxylic acids is 1. The van der Waals surface area contributed by atoms with Gasteiger partial charge in [0, 0.05) is 17.6 Å². The van der Waals surface area contributed by atoms with Gasteiger partial charge in [0.05, 0.1) is 17.3 Å². The zero-order valence-corrected chi connectivity index (χ0v) is 15.0. The Morgan fingerprint density at radius 1 is 1.39 bits per heavy atom. The molecule has 126 valence electrons. The van der Waals surface area contributed by atoms with Gasteiger partial charge in [-0.05, 0) is 45.4 Å². The Kier molecular flexibility index (Phi) is 5.19. The third-order valence-electron chi connectivity index (χ3n) is 3.44. The fourth-order valence-electron chi connectivity index (χ4n) is 2.53. The summed E-state index contributed by atoms with van der Waals surface area (Å²) in [6.07, 6.45) is 0.299. The van der Waals surface area contributed by atoms with Crippen molar-refractivity contribution in [3.05, 3.63) is 28.2 Å². The molecule has 1 aromatic carbocycles. The molecule has 1 fully saturated rings. The van der Waals surface area contributed by atoms with E-state index in [1.807, 2.05) is 31.7 Å². The van der Waals surface area contributed by atoms with Crippen molar-refractivity contribution in [1.29, 1.82) is 0 Å². The molecule has 2 rings (SSSR count). The first-order chi connectivity index (χ1) is 10.7. The van der Waals surface area contributed by atoms with E-state index in [0.717, 1.165) is 10.9 Å². The molecule has 0 spiro atoms. The smallest absolute Gasteiger partial charge is 0.407 e. The van der Waals surface area contributed by atoms with E-state index < -0.39 is 17.7 Å². The molecule has 1 aliphatic heterocycles. The van der Waals surface area contributed by atoms with Crippen LogP contribution in [0.1, 0.15) is 37.6 Å². The maximum Gasteiger partial charge on any atom is 0.407 e. The van der Waals surface area contributed by atoms with E-state index in [2.05, 4.69) is 21.2 Å². The lowest BCUT2D eigenvalue weighted by atomic mass is 10.1. The SMILES string of the molecule is CC(C)(C)OC(=O)N[C@@H]1CCN(c2ccc(Br)cc2C(=O)O)C1. The second-order valence-corrected chi connectivity index (χ2v) is 7.46. The van der Waals surface area contributed by atoms with E-state index in [-0.39, 0.29) is 11.6 Å². The van der Waals surface area contributed by atoms with Crippen molar-refractivity contribution in [2.24, 2.45) is 0 Å². The molecule has 1 aromatic rings. The van der Waals surface area contributed by atoms with E-state index in [9.17, 15) is 14.7 Å². The van der Waals surface area contributed by atoms with E-state index >= 15 is 0 Å². The standard InChI is InChI=1S/C16H21BrN2O4/c1-16(2,3)23-15(22)18-11-6-7-19(9-11)13-5-4-10(17)8-12(13)14(20)21/h4-5,8,11H,6-7,9H2,1-3H3,(H,18,22)(H,20,21)/t11-/m1/s1. The second-order valence-electron chi connectivity index (χ2n) is 6.54. The van der Waals surface area contributed by atoms with E-state index in [4.69, 9.17) is 4.74 Å². The molecule has 6 nitrogen and oxygen atoms in total. The van der Waals surface area contributed by atoms with Crippen LogP contribution in [0.25, 0.3) is 0 Å². The molecular weight excluding hydrogens is 364 g/mol. The van der Waals surface area contributed by atoms with Crippen LogP contribution in [-0.2, 0) is 4.74 Å². The first-order valence-corrected chi connectivity index (χ1v) is 8.22. The van der Waals surface area contributed by atoms with E-state index in [1.54, 1.807) is 12.1 Å². The molecule has 0 aromatic heterocycles. The molecule has 1 saturated heterocycles. The molecule has 1 atom stereocenters. The quantitative estimate of drug-likeness (QED) is 0.835. The van der Waals surface area contributed by atoms with Gasteiger partial charge >= 0.3 is 12.1 Å². The lowest BCUT2D eigenvalue weighted by Gasteiger charge is -2.23. The Morgan fingerprint density at radius 2 is 2.09 bits per heavy atom. The van der Waals surface area contributed by atoms with Gasteiger partial charge < -0.3 is 20.1 Å². The van der Waals surface area contributed by atoms with Crippen molar-refractivity contribution in [1.82, 2.24) is 5.32 Å². The minimum atomic E-state index is -0.968. The number of nitrogens with zero attached hydrogens (tertiary/aromatic N) is 1. The normalized spacial score (nSPS) is 17.9. The summed E-state index contributed by atoms with van der Waals surface area (Å²) in [4.78, 5) is 25.2. The van der Waals surface area contributed by atoms with Gasteiger partial charge in [-0.25, -0.2) is 9.59 Å². The third-order valence-corrected chi connectivity index (χ3v) is 3.93. The van der Waals surface area contributed by atoms with Crippen LogP contribution in [0.15, 0.2) is 22.7 Å². The summed E-state index contributed by atoms with van der Waals surface area (Å²) in [5.74, 6) is -0.968. The van der Waals surface area contributed by atoms with Gasteiger partial charge in [-0.2, -0.15) is 0 Å². The fourth-order valence-corrected chi connectivity index (χ4v) is 2.89. The Bertz CT molecular complexity index is 613. The average molecular weight is 385 g/mol. The number of anilines is 1. The van der Waals surface area contributed by atoms with Crippen LogP contribution < -0.4 is 10.2 Å². The number of carbonyl (C=O) groups is 2. The summed E-state index contributed by atoms with van der Waals surface area (Å²) in [5, 5.41) is 12.2. The Balaban J connectivity index is 2.03. The maximum atomic E-state index is 11.8. The lowest BCUT2D eigenvalue weighted by molar-refractivity contribution is 0.0508. The van der Waals surface area contributed by atoms with Gasteiger partial charge in [0.15, 0.2) is 0 Å². The first kappa shape index (κ1) is 17.6. The summed E-state index contributed by atoms with van der Waals surface area (Å²) < 4.78 is 5.97. The molecule has 1 aliphatic rings. The number of aromatic carboxylic acids is 1. The zero-order chi connectivity index (χ0) is 17.2. The van der Waals surface area contributed by atoms with Gasteiger partial charge in [-0.1, -0.05) is 15.9 Å². The highest BCUT2D eigenvalue weighted by atomic mass is 79.9. The van der Waals surface area contributed by atoms with Crippen molar-refractivity contribution in [3.8, 4) is 0 Å². The molecular formula is C16H21BrN2O4. The van der Waals surface area contributed by atoms with Gasteiger partial charge in [-0.15, -0.1) is 0 Å². The average Bonchev–Trinajstić information content (AvgIpc) is 2.84. The van der Waals surface area contributed by atoms with Crippen molar-refractivity contribution in [2.75, 3.05) is 18.0 Å². The summed E-state index contributed by atoms with van der Waals surface area (Å²) >= 11 is 3.29. The minimum absolute atomic E-state index is 0.0601. The molecule has 1 heterocycles. The molecule has 0 bridgehead atoms. The number of alkyl carbamates (subject to hydrolysis) is 1.